The number of aliphatic hydroxyl groups excluding tert-OH is 1. The molecule has 14 heavy (non-hydrogen) atoms. The molecule has 0 heterocycles. The zero-order valence-electron chi connectivity index (χ0n) is 8.62. The van der Waals surface area contributed by atoms with Crippen molar-refractivity contribution < 1.29 is 5.11 Å². The van der Waals surface area contributed by atoms with Gasteiger partial charge in [-0.25, -0.2) is 0 Å². The minimum absolute atomic E-state index is 0.0115. The van der Waals surface area contributed by atoms with Crippen LogP contribution in [0.25, 0.3) is 0 Å². The minimum Gasteiger partial charge on any atom is -0.392 e. The van der Waals surface area contributed by atoms with Gasteiger partial charge in [0.1, 0.15) is 0 Å². The Balaban J connectivity index is 3.00. The molecule has 0 aliphatic rings. The van der Waals surface area contributed by atoms with Crippen LogP contribution in [0.15, 0.2) is 18.2 Å². The predicted molar refractivity (Wildman–Crippen MR) is 55.6 cm³/mol. The number of benzene rings is 1. The summed E-state index contributed by atoms with van der Waals surface area (Å²) in [5, 5.41) is 17.8. The second-order valence-corrected chi connectivity index (χ2v) is 3.85. The molecular weight excluding hydrogens is 174 g/mol. The van der Waals surface area contributed by atoms with Crippen molar-refractivity contribution in [3.05, 3.63) is 34.9 Å². The van der Waals surface area contributed by atoms with Crippen LogP contribution in [0.2, 0.25) is 0 Å². The summed E-state index contributed by atoms with van der Waals surface area (Å²) in [5.74, 6) is 0.563. The molecule has 2 heteroatoms. The highest BCUT2D eigenvalue weighted by Crippen LogP contribution is 2.15. The highest BCUT2D eigenvalue weighted by Gasteiger charge is 2.04. The monoisotopic (exact) mass is 189 g/mol. The van der Waals surface area contributed by atoms with Crippen LogP contribution in [0, 0.1) is 17.2 Å². The molecular formula is C12H15NO. The zero-order chi connectivity index (χ0) is 10.6. The van der Waals surface area contributed by atoms with E-state index < -0.39 is 0 Å². The average molecular weight is 189 g/mol. The van der Waals surface area contributed by atoms with Gasteiger partial charge in [0.15, 0.2) is 0 Å². The van der Waals surface area contributed by atoms with E-state index in [1.807, 2.05) is 6.07 Å². The van der Waals surface area contributed by atoms with Crippen LogP contribution in [-0.2, 0) is 13.0 Å². The van der Waals surface area contributed by atoms with Gasteiger partial charge in [-0.1, -0.05) is 19.9 Å². The number of aliphatic hydroxyl groups is 1. The summed E-state index contributed by atoms with van der Waals surface area (Å²) in [7, 11) is 0. The summed E-state index contributed by atoms with van der Waals surface area (Å²) < 4.78 is 0. The molecule has 1 aromatic rings. The van der Waals surface area contributed by atoms with Crippen LogP contribution in [0.5, 0.6) is 0 Å². The number of nitrogens with zero attached hydrogens (tertiary/aromatic N) is 1. The molecule has 1 aromatic carbocycles. The van der Waals surface area contributed by atoms with E-state index in [1.54, 1.807) is 12.1 Å². The Kier molecular flexibility index (Phi) is 3.67. The average Bonchev–Trinajstić information content (AvgIpc) is 2.17. The maximum absolute atomic E-state index is 9.14. The third-order valence-corrected chi connectivity index (χ3v) is 2.13. The second-order valence-electron chi connectivity index (χ2n) is 3.85. The molecule has 2 nitrogen and oxygen atoms in total. The van der Waals surface area contributed by atoms with E-state index in [0.29, 0.717) is 11.5 Å². The van der Waals surface area contributed by atoms with E-state index in [4.69, 9.17) is 10.4 Å². The molecule has 0 radical (unpaired) electrons. The van der Waals surface area contributed by atoms with E-state index in [1.165, 1.54) is 0 Å². The van der Waals surface area contributed by atoms with E-state index in [9.17, 15) is 0 Å². The summed E-state index contributed by atoms with van der Waals surface area (Å²) in [6.07, 6.45) is 0.946. The molecule has 0 fully saturated rings. The smallest absolute Gasteiger partial charge is 0.0991 e. The highest BCUT2D eigenvalue weighted by molar-refractivity contribution is 5.38. The van der Waals surface area contributed by atoms with Crippen LogP contribution in [0.4, 0.5) is 0 Å². The molecule has 74 valence electrons. The SMILES string of the molecule is CC(C)Cc1ccc(C#N)cc1CO. The Morgan fingerprint density at radius 2 is 2.07 bits per heavy atom. The molecule has 0 aromatic heterocycles. The molecule has 0 saturated heterocycles. The zero-order valence-corrected chi connectivity index (χ0v) is 8.62. The van der Waals surface area contributed by atoms with Crippen LogP contribution in [-0.4, -0.2) is 5.11 Å². The fourth-order valence-corrected chi connectivity index (χ4v) is 1.48. The van der Waals surface area contributed by atoms with Gasteiger partial charge in [0.2, 0.25) is 0 Å². The van der Waals surface area contributed by atoms with Gasteiger partial charge in [0, 0.05) is 0 Å². The van der Waals surface area contributed by atoms with Crippen molar-refractivity contribution in [3.8, 4) is 6.07 Å². The molecule has 0 amide bonds. The maximum atomic E-state index is 9.14. The van der Waals surface area contributed by atoms with Gasteiger partial charge in [-0.3, -0.25) is 0 Å². The highest BCUT2D eigenvalue weighted by atomic mass is 16.3. The largest absolute Gasteiger partial charge is 0.392 e. The Hall–Kier alpha value is -1.33. The number of hydrogen-bond acceptors (Lipinski definition) is 2. The van der Waals surface area contributed by atoms with Gasteiger partial charge < -0.3 is 5.11 Å². The first kappa shape index (κ1) is 10.7. The van der Waals surface area contributed by atoms with Crippen molar-refractivity contribution in [1.82, 2.24) is 0 Å². The first-order chi connectivity index (χ1) is 6.67. The molecule has 0 bridgehead atoms. The topological polar surface area (TPSA) is 44.0 Å². The lowest BCUT2D eigenvalue weighted by Crippen LogP contribution is -2.00. The van der Waals surface area contributed by atoms with Gasteiger partial charge in [-0.05, 0) is 35.6 Å². The van der Waals surface area contributed by atoms with Crippen molar-refractivity contribution in [2.45, 2.75) is 26.9 Å². The van der Waals surface area contributed by atoms with Crippen LogP contribution in [0.3, 0.4) is 0 Å². The maximum Gasteiger partial charge on any atom is 0.0991 e. The van der Waals surface area contributed by atoms with Crippen molar-refractivity contribution in [3.63, 3.8) is 0 Å². The quantitative estimate of drug-likeness (QED) is 0.792. The lowest BCUT2D eigenvalue weighted by molar-refractivity contribution is 0.280. The number of hydrogen-bond donors (Lipinski definition) is 1. The van der Waals surface area contributed by atoms with Crippen LogP contribution < -0.4 is 0 Å². The molecule has 1 rings (SSSR count). The minimum atomic E-state index is 0.0115. The molecule has 0 saturated carbocycles. The summed E-state index contributed by atoms with van der Waals surface area (Å²) in [6, 6.07) is 7.57. The van der Waals surface area contributed by atoms with E-state index in [0.717, 1.165) is 17.5 Å². The van der Waals surface area contributed by atoms with Crippen LogP contribution >= 0.6 is 0 Å². The number of nitriles is 1. The Bertz CT molecular complexity index is 350. The third kappa shape index (κ3) is 2.58. The van der Waals surface area contributed by atoms with Crippen molar-refractivity contribution in [2.75, 3.05) is 0 Å². The standard InChI is InChI=1S/C12H15NO/c1-9(2)5-11-4-3-10(7-13)6-12(11)8-14/h3-4,6,9,14H,5,8H2,1-2H3. The molecule has 0 aliphatic carbocycles. The lowest BCUT2D eigenvalue weighted by Gasteiger charge is -2.09. The first-order valence-corrected chi connectivity index (χ1v) is 4.80. The summed E-state index contributed by atoms with van der Waals surface area (Å²) in [4.78, 5) is 0. The van der Waals surface area contributed by atoms with Crippen molar-refractivity contribution >= 4 is 0 Å². The fourth-order valence-electron chi connectivity index (χ4n) is 1.48. The molecule has 0 unspecified atom stereocenters. The van der Waals surface area contributed by atoms with E-state index in [-0.39, 0.29) is 6.61 Å². The summed E-state index contributed by atoms with van der Waals surface area (Å²) in [6.45, 7) is 4.29. The van der Waals surface area contributed by atoms with E-state index >= 15 is 0 Å². The molecule has 0 atom stereocenters. The van der Waals surface area contributed by atoms with Crippen molar-refractivity contribution in [2.24, 2.45) is 5.92 Å². The van der Waals surface area contributed by atoms with Crippen LogP contribution in [0.1, 0.15) is 30.5 Å². The normalized spacial score (nSPS) is 10.2. The van der Waals surface area contributed by atoms with Gasteiger partial charge in [-0.15, -0.1) is 0 Å². The Morgan fingerprint density at radius 3 is 2.57 bits per heavy atom. The van der Waals surface area contributed by atoms with Crippen molar-refractivity contribution in [1.29, 1.82) is 5.26 Å². The summed E-state index contributed by atoms with van der Waals surface area (Å²) >= 11 is 0. The molecule has 1 N–H and O–H groups in total. The number of rotatable bonds is 3. The van der Waals surface area contributed by atoms with Gasteiger partial charge in [0.25, 0.3) is 0 Å². The molecule has 0 aliphatic heterocycles. The fraction of sp³-hybridized carbons (Fsp3) is 0.417. The second kappa shape index (κ2) is 4.78. The van der Waals surface area contributed by atoms with Gasteiger partial charge in [0.05, 0.1) is 18.2 Å². The van der Waals surface area contributed by atoms with Gasteiger partial charge >= 0.3 is 0 Å². The van der Waals surface area contributed by atoms with Gasteiger partial charge in [-0.2, -0.15) is 5.26 Å². The van der Waals surface area contributed by atoms with E-state index in [2.05, 4.69) is 19.9 Å². The first-order valence-electron chi connectivity index (χ1n) is 4.80. The Morgan fingerprint density at radius 1 is 1.36 bits per heavy atom. The third-order valence-electron chi connectivity index (χ3n) is 2.13. The molecule has 0 spiro atoms. The predicted octanol–water partition coefficient (Wildman–Crippen LogP) is 2.25. The Labute approximate surface area is 84.8 Å². The lowest BCUT2D eigenvalue weighted by atomic mass is 9.97. The summed E-state index contributed by atoms with van der Waals surface area (Å²) in [5.41, 5.74) is 2.63.